The van der Waals surface area contributed by atoms with Crippen LogP contribution in [0, 0.1) is 13.8 Å². The van der Waals surface area contributed by atoms with Crippen LogP contribution in [0.2, 0.25) is 0 Å². The van der Waals surface area contributed by atoms with Crippen molar-refractivity contribution < 1.29 is 19.8 Å². The molecule has 308 valence electrons. The van der Waals surface area contributed by atoms with Gasteiger partial charge in [0.25, 0.3) is 0 Å². The Morgan fingerprint density at radius 3 is 1.34 bits per heavy atom. The van der Waals surface area contributed by atoms with E-state index in [1.165, 1.54) is 0 Å². The van der Waals surface area contributed by atoms with Crippen molar-refractivity contribution in [2.75, 3.05) is 0 Å². The largest absolute Gasteiger partial charge is 0.481 e. The Labute approximate surface area is 356 Å². The van der Waals surface area contributed by atoms with Crippen molar-refractivity contribution in [3.05, 3.63) is 142 Å². The van der Waals surface area contributed by atoms with Crippen LogP contribution in [0.4, 0.5) is 0 Å². The fourth-order valence-corrected chi connectivity index (χ4v) is 8.04. The fourth-order valence-electron chi connectivity index (χ4n) is 8.04. The summed E-state index contributed by atoms with van der Waals surface area (Å²) in [6.45, 7) is 8.01. The van der Waals surface area contributed by atoms with Crippen molar-refractivity contribution in [1.82, 2.24) is 39.9 Å². The van der Waals surface area contributed by atoms with E-state index in [-0.39, 0.29) is 12.8 Å². The second-order valence-electron chi connectivity index (χ2n) is 15.9. The first-order valence-corrected chi connectivity index (χ1v) is 20.5. The molecule has 0 saturated heterocycles. The van der Waals surface area contributed by atoms with Crippen molar-refractivity contribution in [3.63, 3.8) is 0 Å². The second kappa shape index (κ2) is 16.3. The average Bonchev–Trinajstić information content (AvgIpc) is 4.10. The highest BCUT2D eigenvalue weighted by Crippen LogP contribution is 2.37. The molecule has 6 aromatic rings. The molecule has 4 aliphatic rings. The van der Waals surface area contributed by atoms with E-state index in [9.17, 15) is 19.8 Å². The van der Waals surface area contributed by atoms with Crippen molar-refractivity contribution in [2.24, 2.45) is 0 Å². The van der Waals surface area contributed by atoms with Crippen molar-refractivity contribution in [2.45, 2.75) is 53.4 Å². The van der Waals surface area contributed by atoms with Gasteiger partial charge in [-0.1, -0.05) is 0 Å². The van der Waals surface area contributed by atoms with Crippen LogP contribution >= 0.6 is 0 Å². The van der Waals surface area contributed by atoms with E-state index in [0.717, 1.165) is 112 Å². The van der Waals surface area contributed by atoms with Gasteiger partial charge in [-0.15, -0.1) is 0 Å². The highest BCUT2D eigenvalue weighted by molar-refractivity contribution is 5.96. The van der Waals surface area contributed by atoms with Crippen LogP contribution < -0.4 is 0 Å². The van der Waals surface area contributed by atoms with Crippen LogP contribution in [0.5, 0.6) is 0 Å². The number of rotatable bonds is 6. The Hall–Kier alpha value is -7.86. The Morgan fingerprint density at radius 2 is 0.855 bits per heavy atom. The predicted octanol–water partition coefficient (Wildman–Crippen LogP) is 11.2. The van der Waals surface area contributed by atoms with E-state index in [0.29, 0.717) is 24.2 Å². The summed E-state index contributed by atoms with van der Waals surface area (Å²) < 4.78 is 0. The molecule has 10 heterocycles. The number of nitrogens with one attached hydrogen (secondary N) is 4. The Balaban J connectivity index is 0.000000174. The minimum atomic E-state index is -0.873. The molecular formula is C50H44N8O4. The van der Waals surface area contributed by atoms with Gasteiger partial charge in [-0.25, -0.2) is 19.9 Å². The quantitative estimate of drug-likeness (QED) is 0.0955. The highest BCUT2D eigenvalue weighted by atomic mass is 16.4. The van der Waals surface area contributed by atoms with Gasteiger partial charge in [0.2, 0.25) is 0 Å². The maximum absolute atomic E-state index is 11.4. The van der Waals surface area contributed by atoms with Gasteiger partial charge in [0, 0.05) is 57.0 Å². The summed E-state index contributed by atoms with van der Waals surface area (Å²) in [6, 6.07) is 28.5. The lowest BCUT2D eigenvalue weighted by Crippen LogP contribution is -1.97. The monoisotopic (exact) mass is 820 g/mol. The lowest BCUT2D eigenvalue weighted by atomic mass is 9.98. The fraction of sp³-hybridized carbons (Fsp3) is 0.160. The van der Waals surface area contributed by atoms with E-state index in [2.05, 4.69) is 85.4 Å². The number of aromatic amines is 4. The molecule has 0 saturated carbocycles. The summed E-state index contributed by atoms with van der Waals surface area (Å²) in [4.78, 5) is 55.6. The summed E-state index contributed by atoms with van der Waals surface area (Å²) in [5.41, 5.74) is 20.2. The smallest absolute Gasteiger partial charge is 0.303 e. The minimum Gasteiger partial charge on any atom is -0.481 e. The van der Waals surface area contributed by atoms with Gasteiger partial charge in [-0.05, 0) is 183 Å². The van der Waals surface area contributed by atoms with E-state index < -0.39 is 11.9 Å². The molecule has 0 amide bonds. The van der Waals surface area contributed by atoms with Crippen LogP contribution in [0.3, 0.4) is 0 Å². The molecule has 12 nitrogen and oxygen atoms in total. The van der Waals surface area contributed by atoms with Gasteiger partial charge in [-0.2, -0.15) is 0 Å². The second-order valence-corrected chi connectivity index (χ2v) is 15.9. The molecule has 12 heteroatoms. The van der Waals surface area contributed by atoms with Gasteiger partial charge in [0.1, 0.15) is 0 Å². The van der Waals surface area contributed by atoms with Crippen molar-refractivity contribution in [1.29, 1.82) is 0 Å². The SMILES string of the molecule is C1=Cc2cc3ccc(cc4ccc(cc5nc(cc1n2)C=C5)[nH]4)[nH]3.CC1=C(CCC(=O)O)c2cc3nc(cc4[nH]c(cc4C)cc4[nH]c(cc1n2)cc4C)C(C)=C3CCC(=O)O. The van der Waals surface area contributed by atoms with Crippen LogP contribution in [-0.4, -0.2) is 62.0 Å². The minimum absolute atomic E-state index is 0.0138. The third-order valence-electron chi connectivity index (χ3n) is 11.3. The Bertz CT molecular complexity index is 3230. The molecule has 6 aromatic heterocycles. The van der Waals surface area contributed by atoms with E-state index in [1.54, 1.807) is 0 Å². The van der Waals surface area contributed by atoms with E-state index in [1.807, 2.05) is 81.5 Å². The molecule has 6 N–H and O–H groups in total. The van der Waals surface area contributed by atoms with Gasteiger partial charge >= 0.3 is 11.9 Å². The number of hydrogen-bond donors (Lipinski definition) is 6. The molecule has 0 aromatic carbocycles. The topological polar surface area (TPSA) is 189 Å². The maximum atomic E-state index is 11.4. The molecule has 0 unspecified atom stereocenters. The molecule has 16 bridgehead atoms. The lowest BCUT2D eigenvalue weighted by molar-refractivity contribution is -0.137. The van der Waals surface area contributed by atoms with Gasteiger partial charge in [0.05, 0.1) is 45.6 Å². The molecule has 0 spiro atoms. The average molecular weight is 821 g/mol. The normalized spacial score (nSPS) is 13.1. The summed E-state index contributed by atoms with van der Waals surface area (Å²) in [5.74, 6) is -1.75. The zero-order chi connectivity index (χ0) is 43.1. The number of carbonyl (C=O) groups is 2. The van der Waals surface area contributed by atoms with E-state index in [4.69, 9.17) is 9.97 Å². The number of allylic oxidation sites excluding steroid dienone is 4. The molecule has 10 rings (SSSR count). The first-order valence-electron chi connectivity index (χ1n) is 20.5. The third-order valence-corrected chi connectivity index (χ3v) is 11.3. The number of aryl methyl sites for hydroxylation is 2. The maximum Gasteiger partial charge on any atom is 0.303 e. The molecule has 0 fully saturated rings. The molecular weight excluding hydrogens is 777 g/mol. The number of nitrogens with zero attached hydrogens (tertiary/aromatic N) is 4. The predicted molar refractivity (Wildman–Crippen MR) is 248 cm³/mol. The van der Waals surface area contributed by atoms with Gasteiger partial charge in [-0.3, -0.25) is 9.59 Å². The molecule has 62 heavy (non-hydrogen) atoms. The van der Waals surface area contributed by atoms with Crippen LogP contribution in [0.1, 0.15) is 96.2 Å². The van der Waals surface area contributed by atoms with Crippen LogP contribution in [0.15, 0.2) is 84.9 Å². The van der Waals surface area contributed by atoms with E-state index >= 15 is 0 Å². The standard InChI is InChI=1S/C30H30N4O4.C20H14N4/c1-15-9-20-12-25-17(3)21(5-7-29(35)36)27(33-25)14-28-22(6-8-30(37)38)18(4)26(34-28)13-24-16(2)10-19(32-24)11-23(15)31-20;1-2-14-10-16-5-6-18(23-16)12-20-8-7-19(24-20)11-17-4-3-15(22-17)9-13(1)21-14/h9-14,31-32H,5-8H2,1-4H3,(H,35,36)(H,37,38);1-12,21-22H. The number of hydrogen-bond acceptors (Lipinski definition) is 6. The van der Waals surface area contributed by atoms with Crippen LogP contribution in [-0.2, 0) is 9.59 Å². The van der Waals surface area contributed by atoms with Gasteiger partial charge < -0.3 is 30.1 Å². The first-order chi connectivity index (χ1) is 29.9. The van der Waals surface area contributed by atoms with Crippen molar-refractivity contribution >= 4 is 103 Å². The number of aromatic nitrogens is 8. The van der Waals surface area contributed by atoms with Gasteiger partial charge in [0.15, 0.2) is 0 Å². The Morgan fingerprint density at radius 1 is 0.435 bits per heavy atom. The highest BCUT2D eigenvalue weighted by Gasteiger charge is 2.22. The number of H-pyrrole nitrogens is 4. The molecule has 0 radical (unpaired) electrons. The van der Waals surface area contributed by atoms with Crippen LogP contribution in [0.25, 0.3) is 90.7 Å². The summed E-state index contributed by atoms with van der Waals surface area (Å²) in [6.07, 6.45) is 8.69. The lowest BCUT2D eigenvalue weighted by Gasteiger charge is -2.05. The Kier molecular flexibility index (Phi) is 10.4. The summed E-state index contributed by atoms with van der Waals surface area (Å²) >= 11 is 0. The first kappa shape index (κ1) is 39.6. The third kappa shape index (κ3) is 8.57. The molecule has 4 aliphatic heterocycles. The number of carboxylic acids is 2. The number of carboxylic acid groups (broad SMARTS) is 2. The summed E-state index contributed by atoms with van der Waals surface area (Å²) in [5, 5.41) is 18.7. The zero-order valence-electron chi connectivity index (χ0n) is 34.7. The van der Waals surface area contributed by atoms with Crippen molar-refractivity contribution in [3.8, 4) is 0 Å². The number of fused-ring (bicyclic) bond motifs is 16. The molecule has 0 atom stereocenters. The molecule has 0 aliphatic carbocycles. The summed E-state index contributed by atoms with van der Waals surface area (Å²) in [7, 11) is 0. The zero-order valence-corrected chi connectivity index (χ0v) is 34.7. The number of aliphatic carboxylic acids is 2.